The van der Waals surface area contributed by atoms with Gasteiger partial charge in [0.15, 0.2) is 0 Å². The van der Waals surface area contributed by atoms with Crippen LogP contribution in [0.4, 0.5) is 5.69 Å². The maximum absolute atomic E-state index is 14.9. The summed E-state index contributed by atoms with van der Waals surface area (Å²) in [4.78, 5) is 61.5. The number of aliphatic hydroxyl groups is 1. The van der Waals surface area contributed by atoms with E-state index < -0.39 is 72.2 Å². The monoisotopic (exact) mass is 783 g/mol. The predicted octanol–water partition coefficient (Wildman–Crippen LogP) is 5.72. The zero-order valence-electron chi connectivity index (χ0n) is 29.5. The van der Waals surface area contributed by atoms with Crippen molar-refractivity contribution in [2.45, 2.75) is 80.8 Å². The molecule has 3 fully saturated rings. The molecule has 3 amide bonds. The van der Waals surface area contributed by atoms with Gasteiger partial charge in [-0.3, -0.25) is 19.2 Å². The number of hydrogen-bond acceptors (Lipinski definition) is 7. The minimum Gasteiger partial charge on any atom is -0.455 e. The summed E-state index contributed by atoms with van der Waals surface area (Å²) in [6, 6.07) is 13.5. The molecule has 10 nitrogen and oxygen atoms in total. The van der Waals surface area contributed by atoms with Crippen LogP contribution in [0.15, 0.2) is 79.9 Å². The lowest BCUT2D eigenvalue weighted by Crippen LogP contribution is -2.60. The van der Waals surface area contributed by atoms with Crippen LogP contribution >= 0.6 is 27.5 Å². The number of amides is 3. The molecule has 0 aromatic heterocycles. The first-order chi connectivity index (χ1) is 24.3. The Morgan fingerprint density at radius 3 is 2.37 bits per heavy atom. The van der Waals surface area contributed by atoms with Gasteiger partial charge in [-0.05, 0) is 55.5 Å². The van der Waals surface area contributed by atoms with Gasteiger partial charge in [-0.15, -0.1) is 13.2 Å². The molecule has 0 saturated carbocycles. The molecular weight excluding hydrogens is 738 g/mol. The molecule has 3 heterocycles. The van der Waals surface area contributed by atoms with Gasteiger partial charge in [-0.25, -0.2) is 0 Å². The van der Waals surface area contributed by atoms with Gasteiger partial charge in [0.05, 0.1) is 36.6 Å². The highest BCUT2D eigenvalue weighted by Gasteiger charge is 2.77. The number of halogens is 2. The Morgan fingerprint density at radius 2 is 1.78 bits per heavy atom. The summed E-state index contributed by atoms with van der Waals surface area (Å²) in [5.41, 5.74) is -0.158. The molecule has 2 aromatic rings. The second-order valence-electron chi connectivity index (χ2n) is 14.0. The largest absolute Gasteiger partial charge is 0.455 e. The number of carbonyl (C=O) groups excluding carboxylic acids is 4. The van der Waals surface area contributed by atoms with Crippen LogP contribution < -0.4 is 4.90 Å². The third-order valence-corrected chi connectivity index (χ3v) is 11.7. The summed E-state index contributed by atoms with van der Waals surface area (Å²) in [6.45, 7) is 12.9. The van der Waals surface area contributed by atoms with E-state index in [2.05, 4.69) is 29.1 Å². The van der Waals surface area contributed by atoms with E-state index in [1.807, 2.05) is 51.1 Å². The van der Waals surface area contributed by atoms with E-state index in [0.29, 0.717) is 22.7 Å². The fourth-order valence-corrected chi connectivity index (χ4v) is 9.01. The molecule has 3 aliphatic heterocycles. The molecule has 0 aliphatic carbocycles. The van der Waals surface area contributed by atoms with E-state index in [4.69, 9.17) is 21.1 Å². The normalized spacial score (nSPS) is 26.7. The van der Waals surface area contributed by atoms with E-state index >= 15 is 0 Å². The highest BCUT2D eigenvalue weighted by molar-refractivity contribution is 9.09. The van der Waals surface area contributed by atoms with Gasteiger partial charge in [-0.2, -0.15) is 0 Å². The molecule has 0 radical (unpaired) electrons. The number of allylic oxidation sites excluding steroid dienone is 1. The van der Waals surface area contributed by atoms with Crippen LogP contribution in [-0.2, 0) is 28.7 Å². The van der Waals surface area contributed by atoms with Crippen LogP contribution in [0.3, 0.4) is 0 Å². The Morgan fingerprint density at radius 1 is 1.12 bits per heavy atom. The average Bonchev–Trinajstić information content (AvgIpc) is 3.71. The van der Waals surface area contributed by atoms with Crippen molar-refractivity contribution in [3.8, 4) is 0 Å². The maximum atomic E-state index is 14.9. The first-order valence-corrected chi connectivity index (χ1v) is 18.7. The summed E-state index contributed by atoms with van der Waals surface area (Å²) >= 11 is 9.91. The first-order valence-electron chi connectivity index (χ1n) is 17.4. The van der Waals surface area contributed by atoms with Crippen LogP contribution in [0.1, 0.15) is 51.7 Å². The highest BCUT2D eigenvalue weighted by Crippen LogP contribution is 2.61. The number of benzene rings is 2. The molecule has 1 unspecified atom stereocenters. The summed E-state index contributed by atoms with van der Waals surface area (Å²) in [6.07, 6.45) is 2.70. The zero-order chi connectivity index (χ0) is 37.2. The Kier molecular flexibility index (Phi) is 12.2. The smallest absolute Gasteiger partial charge is 0.313 e. The standard InChI is InChI=1S/C39H47BrClN3O7/c1-7-9-15-30(46)42(6)24(5)33(25-13-11-10-12-14-25)50-38(49)31-32-36(47)44(29(22-45)23(3)4)35(39(32)21-28(40)34(31)51-39)37(48)43(20-8-2)27-18-16-26(41)17-19-27/h7-8,10-14,16-19,23-24,28-29,31-35,45H,1-2,9,15,20-22H2,3-6H3/t24-,28?,29+,31+,32-,33+,34+,35+,39-/m1/s1. The van der Waals surface area contributed by atoms with Crippen LogP contribution in [0.25, 0.3) is 0 Å². The predicted molar refractivity (Wildman–Crippen MR) is 199 cm³/mol. The average molecular weight is 785 g/mol. The van der Waals surface area contributed by atoms with Crippen molar-refractivity contribution < 1.29 is 33.8 Å². The molecule has 2 aromatic carbocycles. The molecule has 9 atom stereocenters. The van der Waals surface area contributed by atoms with E-state index in [-0.39, 0.29) is 36.0 Å². The van der Waals surface area contributed by atoms with Gasteiger partial charge in [0, 0.05) is 35.6 Å². The van der Waals surface area contributed by atoms with Crippen LogP contribution in [0.5, 0.6) is 0 Å². The third kappa shape index (κ3) is 7.14. The lowest BCUT2D eigenvalue weighted by atomic mass is 9.70. The van der Waals surface area contributed by atoms with Crippen molar-refractivity contribution in [2.75, 3.05) is 25.1 Å². The van der Waals surface area contributed by atoms with Gasteiger partial charge in [0.1, 0.15) is 17.7 Å². The van der Waals surface area contributed by atoms with Crippen LogP contribution in [-0.4, -0.2) is 93.5 Å². The van der Waals surface area contributed by atoms with E-state index in [9.17, 15) is 24.3 Å². The van der Waals surface area contributed by atoms with Crippen molar-refractivity contribution in [1.29, 1.82) is 0 Å². The molecule has 1 N–H and O–H groups in total. The number of nitrogens with zero attached hydrogens (tertiary/aromatic N) is 3. The molecular formula is C39H47BrClN3O7. The lowest BCUT2D eigenvalue weighted by molar-refractivity contribution is -0.165. The second-order valence-corrected chi connectivity index (χ2v) is 15.6. The van der Waals surface area contributed by atoms with Crippen molar-refractivity contribution in [2.24, 2.45) is 17.8 Å². The summed E-state index contributed by atoms with van der Waals surface area (Å²) < 4.78 is 13.1. The molecule has 3 saturated heterocycles. The third-order valence-electron chi connectivity index (χ3n) is 10.6. The van der Waals surface area contributed by atoms with Crippen molar-refractivity contribution in [1.82, 2.24) is 9.80 Å². The quantitative estimate of drug-likeness (QED) is 0.140. The minimum atomic E-state index is -1.39. The zero-order valence-corrected chi connectivity index (χ0v) is 31.8. The van der Waals surface area contributed by atoms with Gasteiger partial charge in [0.2, 0.25) is 11.8 Å². The van der Waals surface area contributed by atoms with Gasteiger partial charge in [0.25, 0.3) is 5.91 Å². The number of rotatable bonds is 15. The number of hydrogen-bond donors (Lipinski definition) is 1. The highest BCUT2D eigenvalue weighted by atomic mass is 79.9. The van der Waals surface area contributed by atoms with E-state index in [1.165, 1.54) is 9.80 Å². The number of likely N-dealkylation sites (N-methyl/N-ethyl adjacent to an activating group) is 1. The fraction of sp³-hybridized carbons (Fsp3) is 0.487. The Labute approximate surface area is 313 Å². The van der Waals surface area contributed by atoms with Crippen LogP contribution in [0, 0.1) is 17.8 Å². The molecule has 2 bridgehead atoms. The first kappa shape index (κ1) is 38.7. The Balaban J connectivity index is 1.56. The van der Waals surface area contributed by atoms with E-state index in [0.717, 1.165) is 0 Å². The molecule has 3 aliphatic rings. The molecule has 51 heavy (non-hydrogen) atoms. The number of alkyl halides is 1. The molecule has 1 spiro atoms. The van der Waals surface area contributed by atoms with Crippen molar-refractivity contribution in [3.63, 3.8) is 0 Å². The number of fused-ring (bicyclic) bond motifs is 1. The summed E-state index contributed by atoms with van der Waals surface area (Å²) in [5, 5.41) is 11.1. The number of anilines is 1. The topological polar surface area (TPSA) is 117 Å². The van der Waals surface area contributed by atoms with Gasteiger partial charge >= 0.3 is 5.97 Å². The van der Waals surface area contributed by atoms with E-state index in [1.54, 1.807) is 48.4 Å². The van der Waals surface area contributed by atoms with Gasteiger partial charge in [-0.1, -0.05) is 83.9 Å². The number of ether oxygens (including phenoxy) is 2. The van der Waals surface area contributed by atoms with Crippen molar-refractivity contribution >= 4 is 56.9 Å². The number of aliphatic hydroxyl groups excluding tert-OH is 1. The minimum absolute atomic E-state index is 0.126. The van der Waals surface area contributed by atoms with Gasteiger partial charge < -0.3 is 29.3 Å². The second kappa shape index (κ2) is 16.0. The van der Waals surface area contributed by atoms with Crippen LogP contribution in [0.2, 0.25) is 5.02 Å². The maximum Gasteiger partial charge on any atom is 0.313 e. The number of esters is 1. The SMILES string of the molecule is C=CCCC(=O)N(C)[C@H](C)[C@H](OC(=O)[C@@H]1[C@H]2O[C@@]3(CC2Br)[C@H](C(=O)N(CC=C)c2ccc(Cl)cc2)N([C@@H](CO)C(C)C)C(=O)[C@@H]13)c1ccccc1. The number of likely N-dealkylation sites (tertiary alicyclic amines) is 1. The van der Waals surface area contributed by atoms with Crippen molar-refractivity contribution in [3.05, 3.63) is 90.5 Å². The molecule has 274 valence electrons. The molecule has 5 rings (SSSR count). The number of carbonyl (C=O) groups is 4. The Bertz CT molecular complexity index is 1620. The molecule has 12 heteroatoms. The summed E-state index contributed by atoms with van der Waals surface area (Å²) in [7, 11) is 1.68. The Hall–Kier alpha value is -3.51. The fourth-order valence-electron chi connectivity index (χ4n) is 7.94. The lowest BCUT2D eigenvalue weighted by Gasteiger charge is -2.40. The summed E-state index contributed by atoms with van der Waals surface area (Å²) in [5.74, 6) is -3.99.